The van der Waals surface area contributed by atoms with E-state index in [-0.39, 0.29) is 12.1 Å². The molecule has 1 aliphatic rings. The molecule has 3 rings (SSSR count). The molecule has 1 heterocycles. The van der Waals surface area contributed by atoms with Gasteiger partial charge in [0, 0.05) is 6.54 Å². The zero-order valence-corrected chi connectivity index (χ0v) is 16.0. The highest BCUT2D eigenvalue weighted by Crippen LogP contribution is 2.35. The summed E-state index contributed by atoms with van der Waals surface area (Å²) < 4.78 is 5.71. The van der Waals surface area contributed by atoms with Gasteiger partial charge in [0.25, 0.3) is 0 Å². The van der Waals surface area contributed by atoms with E-state index in [0.29, 0.717) is 5.92 Å². The molecule has 0 spiro atoms. The molecule has 0 saturated carbocycles. The summed E-state index contributed by atoms with van der Waals surface area (Å²) in [4.78, 5) is 14.8. The van der Waals surface area contributed by atoms with Crippen LogP contribution in [0.1, 0.15) is 50.8 Å². The Hall–Kier alpha value is -2.29. The normalized spacial score (nSPS) is 20.7. The highest BCUT2D eigenvalue weighted by Gasteiger charge is 2.35. The Balaban J connectivity index is 1.78. The fraction of sp³-hybridized carbons (Fsp3) is 0.435. The lowest BCUT2D eigenvalue weighted by atomic mass is 9.86. The summed E-state index contributed by atoms with van der Waals surface area (Å²) in [6, 6.07) is 21.0. The Bertz CT molecular complexity index is 706. The standard InChI is InChI=1S/C23H29NO2/c1-23(2,3)26-22(25)24-17-19(16-18-10-6-4-7-11-18)14-15-21(24)20-12-8-5-9-13-20/h4-13,19,21H,14-17H2,1-3H3/t19-,21-/m0/s1. The SMILES string of the molecule is CC(C)(C)OC(=O)N1C[C@H](Cc2ccccc2)CC[C@H]1c1ccccc1. The maximum atomic E-state index is 12.9. The topological polar surface area (TPSA) is 29.5 Å². The molecule has 0 aliphatic carbocycles. The lowest BCUT2D eigenvalue weighted by Gasteiger charge is -2.40. The lowest BCUT2D eigenvalue weighted by Crippen LogP contribution is -2.45. The molecule has 138 valence electrons. The summed E-state index contributed by atoms with van der Waals surface area (Å²) in [6.45, 7) is 6.51. The van der Waals surface area contributed by atoms with Crippen molar-refractivity contribution in [2.45, 2.75) is 51.7 Å². The Morgan fingerprint density at radius 1 is 1.00 bits per heavy atom. The quantitative estimate of drug-likeness (QED) is 0.718. The fourth-order valence-electron chi connectivity index (χ4n) is 3.70. The van der Waals surface area contributed by atoms with Gasteiger partial charge in [0.15, 0.2) is 0 Å². The van der Waals surface area contributed by atoms with E-state index in [4.69, 9.17) is 4.74 Å². The highest BCUT2D eigenvalue weighted by molar-refractivity contribution is 5.69. The first-order chi connectivity index (χ1) is 12.4. The van der Waals surface area contributed by atoms with Gasteiger partial charge in [0.2, 0.25) is 0 Å². The van der Waals surface area contributed by atoms with Crippen LogP contribution in [0.4, 0.5) is 4.79 Å². The number of likely N-dealkylation sites (tertiary alicyclic amines) is 1. The number of piperidine rings is 1. The molecule has 0 bridgehead atoms. The highest BCUT2D eigenvalue weighted by atomic mass is 16.6. The maximum Gasteiger partial charge on any atom is 0.410 e. The minimum Gasteiger partial charge on any atom is -0.444 e. The van der Waals surface area contributed by atoms with Crippen molar-refractivity contribution in [3.8, 4) is 0 Å². The first-order valence-electron chi connectivity index (χ1n) is 9.51. The van der Waals surface area contributed by atoms with E-state index in [0.717, 1.165) is 25.8 Å². The van der Waals surface area contributed by atoms with Crippen molar-refractivity contribution >= 4 is 6.09 Å². The first kappa shape index (κ1) is 18.5. The van der Waals surface area contributed by atoms with Gasteiger partial charge in [0.1, 0.15) is 5.60 Å². The second-order valence-electron chi connectivity index (χ2n) is 8.19. The van der Waals surface area contributed by atoms with Crippen molar-refractivity contribution in [2.75, 3.05) is 6.54 Å². The summed E-state index contributed by atoms with van der Waals surface area (Å²) in [5.41, 5.74) is 2.04. The van der Waals surface area contributed by atoms with Crippen LogP contribution in [-0.4, -0.2) is 23.1 Å². The molecule has 2 atom stereocenters. The number of hydrogen-bond acceptors (Lipinski definition) is 2. The molecule has 26 heavy (non-hydrogen) atoms. The third-order valence-electron chi connectivity index (χ3n) is 4.86. The molecule has 0 N–H and O–H groups in total. The van der Waals surface area contributed by atoms with Crippen LogP contribution in [0.15, 0.2) is 60.7 Å². The molecule has 1 fully saturated rings. The molecule has 0 aromatic heterocycles. The Labute approximate surface area is 157 Å². The van der Waals surface area contributed by atoms with Gasteiger partial charge in [-0.2, -0.15) is 0 Å². The van der Waals surface area contributed by atoms with Gasteiger partial charge in [-0.3, -0.25) is 0 Å². The number of hydrogen-bond donors (Lipinski definition) is 0. The number of ether oxygens (including phenoxy) is 1. The van der Waals surface area contributed by atoms with E-state index < -0.39 is 5.60 Å². The van der Waals surface area contributed by atoms with Crippen LogP contribution < -0.4 is 0 Å². The molecule has 2 aromatic carbocycles. The molecule has 1 aliphatic heterocycles. The van der Waals surface area contributed by atoms with Crippen LogP contribution in [0.2, 0.25) is 0 Å². The van der Waals surface area contributed by atoms with Gasteiger partial charge >= 0.3 is 6.09 Å². The van der Waals surface area contributed by atoms with Crippen LogP contribution in [-0.2, 0) is 11.2 Å². The van der Waals surface area contributed by atoms with Crippen molar-refractivity contribution in [1.82, 2.24) is 4.90 Å². The molecule has 2 aromatic rings. The maximum absolute atomic E-state index is 12.9. The van der Waals surface area contributed by atoms with Gasteiger partial charge in [-0.1, -0.05) is 60.7 Å². The zero-order chi connectivity index (χ0) is 18.6. The van der Waals surface area contributed by atoms with Gasteiger partial charge in [-0.25, -0.2) is 4.79 Å². The van der Waals surface area contributed by atoms with Gasteiger partial charge in [-0.05, 0) is 57.1 Å². The Morgan fingerprint density at radius 3 is 2.23 bits per heavy atom. The number of amides is 1. The summed E-state index contributed by atoms with van der Waals surface area (Å²) in [6.07, 6.45) is 2.89. The van der Waals surface area contributed by atoms with Crippen molar-refractivity contribution in [3.63, 3.8) is 0 Å². The molecule has 1 saturated heterocycles. The van der Waals surface area contributed by atoms with Crippen LogP contribution in [0.5, 0.6) is 0 Å². The van der Waals surface area contributed by atoms with Crippen LogP contribution in [0.25, 0.3) is 0 Å². The predicted octanol–water partition coefficient (Wildman–Crippen LogP) is 5.62. The van der Waals surface area contributed by atoms with E-state index in [2.05, 4.69) is 36.4 Å². The minimum absolute atomic E-state index is 0.0954. The largest absolute Gasteiger partial charge is 0.444 e. The fourth-order valence-corrected chi connectivity index (χ4v) is 3.70. The van der Waals surface area contributed by atoms with Crippen molar-refractivity contribution < 1.29 is 9.53 Å². The van der Waals surface area contributed by atoms with E-state index in [9.17, 15) is 4.79 Å². The molecule has 3 heteroatoms. The van der Waals surface area contributed by atoms with E-state index >= 15 is 0 Å². The number of rotatable bonds is 3. The summed E-state index contributed by atoms with van der Waals surface area (Å²) >= 11 is 0. The van der Waals surface area contributed by atoms with E-state index in [1.54, 1.807) is 0 Å². The summed E-state index contributed by atoms with van der Waals surface area (Å²) in [5.74, 6) is 0.463. The second-order valence-corrected chi connectivity index (χ2v) is 8.19. The molecule has 0 unspecified atom stereocenters. The Morgan fingerprint density at radius 2 is 1.62 bits per heavy atom. The minimum atomic E-state index is -0.481. The van der Waals surface area contributed by atoms with Gasteiger partial charge in [0.05, 0.1) is 6.04 Å². The number of carbonyl (C=O) groups excluding carboxylic acids is 1. The second kappa shape index (κ2) is 7.94. The third kappa shape index (κ3) is 4.87. The average molecular weight is 351 g/mol. The van der Waals surface area contributed by atoms with Gasteiger partial charge < -0.3 is 9.64 Å². The molecule has 3 nitrogen and oxygen atoms in total. The van der Waals surface area contributed by atoms with E-state index in [1.807, 2.05) is 49.9 Å². The smallest absolute Gasteiger partial charge is 0.410 e. The molecular weight excluding hydrogens is 322 g/mol. The average Bonchev–Trinajstić information content (AvgIpc) is 2.62. The van der Waals surface area contributed by atoms with Crippen LogP contribution >= 0.6 is 0 Å². The van der Waals surface area contributed by atoms with E-state index in [1.165, 1.54) is 11.1 Å². The van der Waals surface area contributed by atoms with Gasteiger partial charge in [-0.15, -0.1) is 0 Å². The Kier molecular flexibility index (Phi) is 5.65. The summed E-state index contributed by atoms with van der Waals surface area (Å²) in [7, 11) is 0. The van der Waals surface area contributed by atoms with Crippen LogP contribution in [0.3, 0.4) is 0 Å². The van der Waals surface area contributed by atoms with Crippen molar-refractivity contribution in [2.24, 2.45) is 5.92 Å². The van der Waals surface area contributed by atoms with Crippen LogP contribution in [0, 0.1) is 5.92 Å². The summed E-state index contributed by atoms with van der Waals surface area (Å²) in [5, 5.41) is 0. The van der Waals surface area contributed by atoms with Crippen molar-refractivity contribution in [1.29, 1.82) is 0 Å². The van der Waals surface area contributed by atoms with Crippen molar-refractivity contribution in [3.05, 3.63) is 71.8 Å². The zero-order valence-electron chi connectivity index (χ0n) is 16.0. The molecular formula is C23H29NO2. The monoisotopic (exact) mass is 351 g/mol. The third-order valence-corrected chi connectivity index (χ3v) is 4.86. The first-order valence-corrected chi connectivity index (χ1v) is 9.51. The number of carbonyl (C=O) groups is 1. The number of benzene rings is 2. The predicted molar refractivity (Wildman–Crippen MR) is 105 cm³/mol. The molecule has 1 amide bonds. The number of nitrogens with zero attached hydrogens (tertiary/aromatic N) is 1. The lowest BCUT2D eigenvalue weighted by molar-refractivity contribution is 0.00244. The molecule has 0 radical (unpaired) electrons.